The van der Waals surface area contributed by atoms with E-state index in [1.165, 1.54) is 9.88 Å². The normalized spacial score (nSPS) is 23.7. The molecule has 0 fully saturated rings. The predicted molar refractivity (Wildman–Crippen MR) is 133 cm³/mol. The Kier molecular flexibility index (Phi) is 8.65. The SMILES string of the molecule is CC(C)NC(=O)N(C)C[C@H]1Oc2cc(C3=CCCCC3)ccc2S(=O)(=O)N([C@H](C)CO)C[C@H]1C. The van der Waals surface area contributed by atoms with Crippen LogP contribution < -0.4 is 10.1 Å². The number of aliphatic hydroxyl groups excluding tert-OH is 1. The van der Waals surface area contributed by atoms with Gasteiger partial charge in [0, 0.05) is 31.6 Å². The van der Waals surface area contributed by atoms with Crippen molar-refractivity contribution in [2.45, 2.75) is 76.5 Å². The highest BCUT2D eigenvalue weighted by atomic mass is 32.2. The monoisotopic (exact) mass is 493 g/mol. The molecule has 2 amide bonds. The summed E-state index contributed by atoms with van der Waals surface area (Å²) in [4.78, 5) is 14.2. The van der Waals surface area contributed by atoms with E-state index in [0.717, 1.165) is 31.2 Å². The highest BCUT2D eigenvalue weighted by Crippen LogP contribution is 2.37. The fourth-order valence-electron chi connectivity index (χ4n) is 4.45. The third-order valence-electron chi connectivity index (χ3n) is 6.54. The summed E-state index contributed by atoms with van der Waals surface area (Å²) in [6, 6.07) is 4.51. The highest BCUT2D eigenvalue weighted by molar-refractivity contribution is 7.89. The van der Waals surface area contributed by atoms with Crippen LogP contribution >= 0.6 is 0 Å². The fourth-order valence-corrected chi connectivity index (χ4v) is 6.28. The minimum Gasteiger partial charge on any atom is -0.487 e. The Labute approximate surface area is 204 Å². The maximum Gasteiger partial charge on any atom is 0.317 e. The van der Waals surface area contributed by atoms with Crippen molar-refractivity contribution in [3.63, 3.8) is 0 Å². The Morgan fingerprint density at radius 3 is 2.65 bits per heavy atom. The predicted octanol–water partition coefficient (Wildman–Crippen LogP) is 3.46. The van der Waals surface area contributed by atoms with Crippen LogP contribution in [0.4, 0.5) is 4.79 Å². The summed E-state index contributed by atoms with van der Waals surface area (Å²) in [5.41, 5.74) is 2.17. The molecule has 0 saturated heterocycles. The average molecular weight is 494 g/mol. The molecule has 190 valence electrons. The van der Waals surface area contributed by atoms with E-state index in [9.17, 15) is 18.3 Å². The van der Waals surface area contributed by atoms with Crippen molar-refractivity contribution < 1.29 is 23.1 Å². The van der Waals surface area contributed by atoms with Crippen LogP contribution in [0, 0.1) is 5.92 Å². The zero-order chi connectivity index (χ0) is 25.0. The van der Waals surface area contributed by atoms with Gasteiger partial charge in [-0.25, -0.2) is 13.2 Å². The number of rotatable bonds is 6. The maximum absolute atomic E-state index is 13.6. The molecular weight excluding hydrogens is 454 g/mol. The van der Waals surface area contributed by atoms with Gasteiger partial charge in [0.05, 0.1) is 13.2 Å². The second-order valence-corrected chi connectivity index (χ2v) is 11.7. The number of aliphatic hydroxyl groups is 1. The molecule has 1 heterocycles. The number of fused-ring (bicyclic) bond motifs is 1. The molecule has 9 heteroatoms. The van der Waals surface area contributed by atoms with Gasteiger partial charge >= 0.3 is 6.03 Å². The number of nitrogens with zero attached hydrogens (tertiary/aromatic N) is 2. The van der Waals surface area contributed by atoms with Crippen LogP contribution in [0.5, 0.6) is 5.75 Å². The lowest BCUT2D eigenvalue weighted by Crippen LogP contribution is -2.51. The number of carbonyl (C=O) groups is 1. The Morgan fingerprint density at radius 2 is 2.03 bits per heavy atom. The molecule has 3 atom stereocenters. The Bertz CT molecular complexity index is 1010. The number of carbonyl (C=O) groups excluding carboxylic acids is 1. The second kappa shape index (κ2) is 11.1. The number of hydrogen-bond acceptors (Lipinski definition) is 5. The quantitative estimate of drug-likeness (QED) is 0.632. The van der Waals surface area contributed by atoms with Gasteiger partial charge in [0.15, 0.2) is 0 Å². The van der Waals surface area contributed by atoms with Gasteiger partial charge in [-0.2, -0.15) is 4.31 Å². The molecule has 0 spiro atoms. The zero-order valence-electron chi connectivity index (χ0n) is 21.0. The number of sulfonamides is 1. The minimum atomic E-state index is -3.88. The van der Waals surface area contributed by atoms with Crippen molar-refractivity contribution in [2.75, 3.05) is 26.7 Å². The second-order valence-electron chi connectivity index (χ2n) is 9.86. The molecule has 0 unspecified atom stereocenters. The van der Waals surface area contributed by atoms with Gasteiger partial charge < -0.3 is 20.1 Å². The standard InChI is InChI=1S/C25H39N3O5S/c1-17(2)26-25(30)27(5)15-23-18(3)14-28(19(4)16-29)34(31,32)24-12-11-21(13-22(24)33-23)20-9-7-6-8-10-20/h9,11-13,17-19,23,29H,6-8,10,14-16H2,1-5H3,(H,26,30)/t18-,19-,23-/m1/s1. The van der Waals surface area contributed by atoms with Crippen LogP contribution in [0.15, 0.2) is 29.2 Å². The molecule has 0 aromatic heterocycles. The topological polar surface area (TPSA) is 99.2 Å². The van der Waals surface area contributed by atoms with Gasteiger partial charge in [0.25, 0.3) is 0 Å². The number of nitrogens with one attached hydrogen (secondary N) is 1. The minimum absolute atomic E-state index is 0.00344. The molecule has 3 rings (SSSR count). The van der Waals surface area contributed by atoms with E-state index >= 15 is 0 Å². The summed E-state index contributed by atoms with van der Waals surface area (Å²) in [5, 5.41) is 12.7. The zero-order valence-corrected chi connectivity index (χ0v) is 21.8. The molecule has 2 N–H and O–H groups in total. The number of ether oxygens (including phenoxy) is 1. The van der Waals surface area contributed by atoms with Crippen molar-refractivity contribution in [1.29, 1.82) is 0 Å². The summed E-state index contributed by atoms with van der Waals surface area (Å²) < 4.78 is 35.0. The van der Waals surface area contributed by atoms with Crippen LogP contribution in [-0.2, 0) is 10.0 Å². The number of allylic oxidation sites excluding steroid dienone is 2. The lowest BCUT2D eigenvalue weighted by atomic mass is 9.93. The van der Waals surface area contributed by atoms with Crippen LogP contribution in [0.2, 0.25) is 0 Å². The van der Waals surface area contributed by atoms with Crippen molar-refractivity contribution in [1.82, 2.24) is 14.5 Å². The van der Waals surface area contributed by atoms with Crippen molar-refractivity contribution >= 4 is 21.6 Å². The van der Waals surface area contributed by atoms with Gasteiger partial charge in [-0.05, 0) is 69.7 Å². The van der Waals surface area contributed by atoms with E-state index < -0.39 is 22.2 Å². The van der Waals surface area contributed by atoms with Gasteiger partial charge in [0.1, 0.15) is 16.7 Å². The van der Waals surface area contributed by atoms with Gasteiger partial charge in [-0.1, -0.05) is 19.1 Å². The lowest BCUT2D eigenvalue weighted by molar-refractivity contribution is 0.0809. The molecule has 34 heavy (non-hydrogen) atoms. The van der Waals surface area contributed by atoms with E-state index in [4.69, 9.17) is 4.74 Å². The van der Waals surface area contributed by atoms with Gasteiger partial charge in [-0.3, -0.25) is 0 Å². The Balaban J connectivity index is 2.03. The molecule has 1 aliphatic carbocycles. The van der Waals surface area contributed by atoms with Gasteiger partial charge in [-0.15, -0.1) is 0 Å². The number of amides is 2. The molecule has 0 saturated carbocycles. The van der Waals surface area contributed by atoms with E-state index in [-0.39, 0.29) is 36.0 Å². The summed E-state index contributed by atoms with van der Waals surface area (Å²) in [5.74, 6) is 0.0807. The number of hydrogen-bond donors (Lipinski definition) is 2. The molecule has 0 bridgehead atoms. The first-order valence-corrected chi connectivity index (χ1v) is 13.6. The van der Waals surface area contributed by atoms with E-state index in [1.54, 1.807) is 24.9 Å². The smallest absolute Gasteiger partial charge is 0.317 e. The van der Waals surface area contributed by atoms with Crippen LogP contribution in [0.3, 0.4) is 0 Å². The Hall–Kier alpha value is -2.10. The third kappa shape index (κ3) is 5.93. The molecule has 1 aromatic carbocycles. The van der Waals surface area contributed by atoms with E-state index in [0.29, 0.717) is 12.3 Å². The highest BCUT2D eigenvalue weighted by Gasteiger charge is 2.38. The van der Waals surface area contributed by atoms with Crippen LogP contribution in [0.1, 0.15) is 58.9 Å². The average Bonchev–Trinajstić information content (AvgIpc) is 2.80. The number of urea groups is 1. The number of likely N-dealkylation sites (N-methyl/N-ethyl adjacent to an activating group) is 1. The summed E-state index contributed by atoms with van der Waals surface area (Å²) in [6.45, 7) is 7.62. The lowest BCUT2D eigenvalue weighted by Gasteiger charge is -2.37. The molecular formula is C25H39N3O5S. The molecule has 2 aliphatic rings. The maximum atomic E-state index is 13.6. The number of benzene rings is 1. The summed E-state index contributed by atoms with van der Waals surface area (Å²) in [7, 11) is -2.17. The first kappa shape index (κ1) is 26.5. The summed E-state index contributed by atoms with van der Waals surface area (Å²) in [6.07, 6.45) is 6.03. The van der Waals surface area contributed by atoms with Crippen LogP contribution in [0.25, 0.3) is 5.57 Å². The van der Waals surface area contributed by atoms with Crippen molar-refractivity contribution in [3.05, 3.63) is 29.8 Å². The van der Waals surface area contributed by atoms with Crippen molar-refractivity contribution in [2.24, 2.45) is 5.92 Å². The van der Waals surface area contributed by atoms with Gasteiger partial charge in [0.2, 0.25) is 10.0 Å². The first-order chi connectivity index (χ1) is 16.0. The van der Waals surface area contributed by atoms with Crippen LogP contribution in [-0.4, -0.2) is 73.7 Å². The molecule has 1 aromatic rings. The van der Waals surface area contributed by atoms with E-state index in [2.05, 4.69) is 11.4 Å². The fraction of sp³-hybridized carbons (Fsp3) is 0.640. The van der Waals surface area contributed by atoms with E-state index in [1.807, 2.05) is 32.9 Å². The third-order valence-corrected chi connectivity index (χ3v) is 8.56. The van der Waals surface area contributed by atoms with Crippen molar-refractivity contribution in [3.8, 4) is 5.75 Å². The summed E-state index contributed by atoms with van der Waals surface area (Å²) >= 11 is 0. The molecule has 0 radical (unpaired) electrons. The molecule has 8 nitrogen and oxygen atoms in total. The first-order valence-electron chi connectivity index (χ1n) is 12.2. The largest absolute Gasteiger partial charge is 0.487 e. The molecule has 1 aliphatic heterocycles. The Morgan fingerprint density at radius 1 is 1.29 bits per heavy atom.